The summed E-state index contributed by atoms with van der Waals surface area (Å²) in [5, 5.41) is 13.8. The smallest absolute Gasteiger partial charge is 0.253 e. The molecule has 2 N–H and O–H groups in total. The Morgan fingerprint density at radius 3 is 2.61 bits per heavy atom. The maximum absolute atomic E-state index is 14.3. The zero-order valence-electron chi connectivity index (χ0n) is 18.4. The third kappa shape index (κ3) is 4.18. The SMILES string of the molecule is CNC(=O)c1cc(Cl)c(F)cc1NC(=O)C1(c2ccccc2C(C)C)CN(c2nncs2)C1. The standard InChI is InChI=1S/C23H23ClFN5O2S/c1-13(2)14-6-4-5-7-16(14)23(10-30(11-23)22-29-27-12-33-22)21(32)28-19-9-18(25)17(24)8-15(19)20(31)26-3/h4-9,12-13H,10-11H2,1-3H3,(H,26,31)(H,28,32). The summed E-state index contributed by atoms with van der Waals surface area (Å²) in [7, 11) is 1.46. The summed E-state index contributed by atoms with van der Waals surface area (Å²) < 4.78 is 14.3. The molecule has 0 unspecified atom stereocenters. The molecule has 0 atom stereocenters. The quantitative estimate of drug-likeness (QED) is 0.544. The molecule has 1 aliphatic rings. The molecule has 7 nitrogen and oxygen atoms in total. The number of hydrogen-bond acceptors (Lipinski definition) is 6. The van der Waals surface area contributed by atoms with Gasteiger partial charge >= 0.3 is 0 Å². The van der Waals surface area contributed by atoms with Crippen molar-refractivity contribution in [1.82, 2.24) is 15.5 Å². The molecule has 0 spiro atoms. The van der Waals surface area contributed by atoms with Crippen molar-refractivity contribution in [3.63, 3.8) is 0 Å². The Morgan fingerprint density at radius 1 is 1.24 bits per heavy atom. The van der Waals surface area contributed by atoms with Gasteiger partial charge in [0.25, 0.3) is 5.91 Å². The monoisotopic (exact) mass is 487 g/mol. The highest BCUT2D eigenvalue weighted by Crippen LogP contribution is 2.42. The number of anilines is 2. The van der Waals surface area contributed by atoms with E-state index in [1.54, 1.807) is 5.51 Å². The Labute approximate surface area is 200 Å². The van der Waals surface area contributed by atoms with Crippen LogP contribution in [0.1, 0.15) is 41.3 Å². The molecule has 0 radical (unpaired) electrons. The van der Waals surface area contributed by atoms with E-state index in [-0.39, 0.29) is 28.1 Å². The Kier molecular flexibility index (Phi) is 6.36. The van der Waals surface area contributed by atoms with Crippen LogP contribution in [0, 0.1) is 5.82 Å². The Bertz CT molecular complexity index is 1200. The van der Waals surface area contributed by atoms with Gasteiger partial charge in [-0.2, -0.15) is 0 Å². The molecular formula is C23H23ClFN5O2S. The van der Waals surface area contributed by atoms with Crippen molar-refractivity contribution in [3.8, 4) is 0 Å². The molecule has 2 amide bonds. The van der Waals surface area contributed by atoms with Crippen LogP contribution in [0.2, 0.25) is 5.02 Å². The van der Waals surface area contributed by atoms with Crippen molar-refractivity contribution in [2.45, 2.75) is 25.2 Å². The van der Waals surface area contributed by atoms with E-state index in [1.807, 2.05) is 29.2 Å². The first-order valence-corrected chi connectivity index (χ1v) is 11.7. The molecule has 2 aromatic carbocycles. The zero-order valence-corrected chi connectivity index (χ0v) is 19.9. The summed E-state index contributed by atoms with van der Waals surface area (Å²) in [4.78, 5) is 28.2. The number of benzene rings is 2. The van der Waals surface area contributed by atoms with E-state index in [2.05, 4.69) is 34.7 Å². The molecule has 172 valence electrons. The van der Waals surface area contributed by atoms with Crippen LogP contribution in [-0.4, -0.2) is 42.1 Å². The minimum atomic E-state index is -0.914. The predicted octanol–water partition coefficient (Wildman–Crippen LogP) is 4.21. The zero-order chi connectivity index (χ0) is 23.8. The molecule has 0 saturated carbocycles. The van der Waals surface area contributed by atoms with E-state index in [0.717, 1.165) is 22.3 Å². The summed E-state index contributed by atoms with van der Waals surface area (Å²) in [5.41, 5.74) is 2.83. The van der Waals surface area contributed by atoms with E-state index in [4.69, 9.17) is 11.6 Å². The summed E-state index contributed by atoms with van der Waals surface area (Å²) in [5.74, 6) is -1.34. The minimum absolute atomic E-state index is 0.0667. The lowest BCUT2D eigenvalue weighted by molar-refractivity contribution is -0.122. The van der Waals surface area contributed by atoms with E-state index < -0.39 is 17.1 Å². The number of aromatic nitrogens is 2. The predicted molar refractivity (Wildman–Crippen MR) is 128 cm³/mol. The lowest BCUT2D eigenvalue weighted by atomic mass is 9.70. The summed E-state index contributed by atoms with van der Waals surface area (Å²) in [6.45, 7) is 4.90. The number of halogens is 2. The van der Waals surface area contributed by atoms with Gasteiger partial charge in [-0.1, -0.05) is 61.1 Å². The maximum atomic E-state index is 14.3. The number of nitrogens with one attached hydrogen (secondary N) is 2. The largest absolute Gasteiger partial charge is 0.355 e. The number of carbonyl (C=O) groups excluding carboxylic acids is 2. The first-order chi connectivity index (χ1) is 15.8. The summed E-state index contributed by atoms with van der Waals surface area (Å²) in [6.07, 6.45) is 0. The third-order valence-corrected chi connectivity index (χ3v) is 6.89. The second-order valence-corrected chi connectivity index (χ2v) is 9.47. The summed E-state index contributed by atoms with van der Waals surface area (Å²) in [6, 6.07) is 10.1. The van der Waals surface area contributed by atoms with Crippen LogP contribution >= 0.6 is 22.9 Å². The number of rotatable bonds is 6. The van der Waals surface area contributed by atoms with Crippen LogP contribution < -0.4 is 15.5 Å². The van der Waals surface area contributed by atoms with Gasteiger partial charge in [0.1, 0.15) is 16.7 Å². The van der Waals surface area contributed by atoms with Crippen molar-refractivity contribution >= 4 is 45.6 Å². The van der Waals surface area contributed by atoms with E-state index in [9.17, 15) is 14.0 Å². The van der Waals surface area contributed by atoms with Gasteiger partial charge in [0.05, 0.1) is 16.3 Å². The second kappa shape index (κ2) is 9.07. The first kappa shape index (κ1) is 23.1. The third-order valence-electron chi connectivity index (χ3n) is 5.85. The Morgan fingerprint density at radius 2 is 1.97 bits per heavy atom. The number of hydrogen-bond donors (Lipinski definition) is 2. The fourth-order valence-corrected chi connectivity index (χ4v) is 4.86. The minimum Gasteiger partial charge on any atom is -0.355 e. The van der Waals surface area contributed by atoms with Gasteiger partial charge in [-0.15, -0.1) is 10.2 Å². The molecule has 1 fully saturated rings. The molecule has 2 heterocycles. The van der Waals surface area contributed by atoms with Crippen molar-refractivity contribution in [3.05, 3.63) is 69.4 Å². The second-order valence-electron chi connectivity index (χ2n) is 8.25. The molecule has 33 heavy (non-hydrogen) atoms. The average Bonchev–Trinajstić information content (AvgIpc) is 3.29. The van der Waals surface area contributed by atoms with Crippen LogP contribution in [-0.2, 0) is 10.2 Å². The van der Waals surface area contributed by atoms with Crippen molar-refractivity contribution in [1.29, 1.82) is 0 Å². The van der Waals surface area contributed by atoms with Gasteiger partial charge < -0.3 is 15.5 Å². The van der Waals surface area contributed by atoms with Gasteiger partial charge in [-0.3, -0.25) is 9.59 Å². The number of carbonyl (C=O) groups is 2. The van der Waals surface area contributed by atoms with Crippen molar-refractivity contribution in [2.24, 2.45) is 0 Å². The lowest BCUT2D eigenvalue weighted by Crippen LogP contribution is -2.65. The molecule has 4 rings (SSSR count). The van der Waals surface area contributed by atoms with Crippen molar-refractivity contribution in [2.75, 3.05) is 30.4 Å². The van der Waals surface area contributed by atoms with Crippen LogP contribution in [0.3, 0.4) is 0 Å². The molecule has 1 saturated heterocycles. The molecule has 0 aliphatic carbocycles. The van der Waals surface area contributed by atoms with Crippen LogP contribution in [0.5, 0.6) is 0 Å². The molecule has 3 aromatic rings. The van der Waals surface area contributed by atoms with Crippen LogP contribution in [0.4, 0.5) is 15.2 Å². The van der Waals surface area contributed by atoms with Gasteiger partial charge in [-0.25, -0.2) is 4.39 Å². The normalized spacial score (nSPS) is 14.7. The van der Waals surface area contributed by atoms with Crippen LogP contribution in [0.25, 0.3) is 0 Å². The van der Waals surface area contributed by atoms with E-state index in [0.29, 0.717) is 13.1 Å². The Balaban J connectivity index is 1.75. The van der Waals surface area contributed by atoms with E-state index >= 15 is 0 Å². The number of amides is 2. The fraction of sp³-hybridized carbons (Fsp3) is 0.304. The van der Waals surface area contributed by atoms with Crippen molar-refractivity contribution < 1.29 is 14.0 Å². The first-order valence-electron chi connectivity index (χ1n) is 10.4. The maximum Gasteiger partial charge on any atom is 0.253 e. The van der Waals surface area contributed by atoms with Gasteiger partial charge in [-0.05, 0) is 29.2 Å². The van der Waals surface area contributed by atoms with Gasteiger partial charge in [0, 0.05) is 20.1 Å². The molecule has 1 aliphatic heterocycles. The highest BCUT2D eigenvalue weighted by atomic mass is 35.5. The molecular weight excluding hydrogens is 465 g/mol. The molecule has 10 heteroatoms. The van der Waals surface area contributed by atoms with Gasteiger partial charge in [0.15, 0.2) is 0 Å². The Hall–Kier alpha value is -3.04. The fourth-order valence-electron chi connectivity index (χ4n) is 4.13. The molecule has 0 bridgehead atoms. The highest BCUT2D eigenvalue weighted by molar-refractivity contribution is 7.13. The summed E-state index contributed by atoms with van der Waals surface area (Å²) >= 11 is 7.29. The lowest BCUT2D eigenvalue weighted by Gasteiger charge is -2.49. The molecule has 1 aromatic heterocycles. The van der Waals surface area contributed by atoms with Crippen LogP contribution in [0.15, 0.2) is 41.9 Å². The highest BCUT2D eigenvalue weighted by Gasteiger charge is 2.52. The van der Waals surface area contributed by atoms with E-state index in [1.165, 1.54) is 24.5 Å². The number of nitrogens with zero attached hydrogens (tertiary/aromatic N) is 3. The topological polar surface area (TPSA) is 87.2 Å². The average molecular weight is 488 g/mol. The van der Waals surface area contributed by atoms with Gasteiger partial charge in [0.2, 0.25) is 11.0 Å².